The second kappa shape index (κ2) is 5.79. The van der Waals surface area contributed by atoms with Crippen molar-refractivity contribution in [3.05, 3.63) is 47.9 Å². The maximum atomic E-state index is 13.6. The number of nitrogens with one attached hydrogen (secondary N) is 1. The Labute approximate surface area is 140 Å². The van der Waals surface area contributed by atoms with Crippen LogP contribution in [0.15, 0.2) is 42.0 Å². The SMILES string of the molecule is C[C@H](Nc1ncnc2ccsc12)c1nc2ccccc2n1C(F)F. The van der Waals surface area contributed by atoms with E-state index >= 15 is 0 Å². The number of hydrogen-bond acceptors (Lipinski definition) is 5. The molecule has 3 heterocycles. The molecule has 0 saturated heterocycles. The molecule has 0 unspecified atom stereocenters. The first-order chi connectivity index (χ1) is 11.6. The third-order valence-corrected chi connectivity index (χ3v) is 4.71. The smallest absolute Gasteiger partial charge is 0.320 e. The number of thiophene rings is 1. The summed E-state index contributed by atoms with van der Waals surface area (Å²) in [5.74, 6) is 0.893. The van der Waals surface area contributed by atoms with Gasteiger partial charge in [0.1, 0.15) is 18.0 Å². The largest absolute Gasteiger partial charge is 0.359 e. The van der Waals surface area contributed by atoms with Crippen LogP contribution < -0.4 is 5.32 Å². The van der Waals surface area contributed by atoms with E-state index in [0.717, 1.165) is 14.8 Å². The fourth-order valence-corrected chi connectivity index (χ4v) is 3.53. The number of para-hydroxylation sites is 2. The Morgan fingerprint density at radius 3 is 2.79 bits per heavy atom. The van der Waals surface area contributed by atoms with Crippen LogP contribution in [0.5, 0.6) is 0 Å². The van der Waals surface area contributed by atoms with Gasteiger partial charge in [0.15, 0.2) is 0 Å². The predicted molar refractivity (Wildman–Crippen MR) is 90.4 cm³/mol. The van der Waals surface area contributed by atoms with E-state index in [-0.39, 0.29) is 5.82 Å². The lowest BCUT2D eigenvalue weighted by Crippen LogP contribution is -2.15. The second-order valence-electron chi connectivity index (χ2n) is 5.33. The van der Waals surface area contributed by atoms with Gasteiger partial charge in [-0.1, -0.05) is 12.1 Å². The van der Waals surface area contributed by atoms with Crippen LogP contribution in [0.4, 0.5) is 14.6 Å². The highest BCUT2D eigenvalue weighted by Crippen LogP contribution is 2.31. The highest BCUT2D eigenvalue weighted by molar-refractivity contribution is 7.17. The van der Waals surface area contributed by atoms with E-state index in [2.05, 4.69) is 20.3 Å². The molecule has 4 aromatic rings. The summed E-state index contributed by atoms with van der Waals surface area (Å²) in [6.07, 6.45) is 1.46. The molecule has 4 rings (SSSR count). The molecule has 3 aromatic heterocycles. The van der Waals surface area contributed by atoms with E-state index in [1.165, 1.54) is 17.7 Å². The van der Waals surface area contributed by atoms with Crippen molar-refractivity contribution in [1.82, 2.24) is 19.5 Å². The first kappa shape index (κ1) is 14.9. The van der Waals surface area contributed by atoms with Gasteiger partial charge in [-0.25, -0.2) is 15.0 Å². The average Bonchev–Trinajstić information content (AvgIpc) is 3.19. The molecule has 0 saturated carbocycles. The zero-order valence-corrected chi connectivity index (χ0v) is 13.5. The molecule has 0 radical (unpaired) electrons. The maximum absolute atomic E-state index is 13.6. The summed E-state index contributed by atoms with van der Waals surface area (Å²) in [6, 6.07) is 8.34. The van der Waals surface area contributed by atoms with Gasteiger partial charge >= 0.3 is 6.55 Å². The summed E-state index contributed by atoms with van der Waals surface area (Å²) in [6.45, 7) is -0.870. The number of rotatable bonds is 4. The summed E-state index contributed by atoms with van der Waals surface area (Å²) in [4.78, 5) is 12.8. The summed E-state index contributed by atoms with van der Waals surface area (Å²) in [5, 5.41) is 5.11. The van der Waals surface area contributed by atoms with Crippen LogP contribution in [-0.2, 0) is 0 Å². The van der Waals surface area contributed by atoms with Crippen molar-refractivity contribution in [1.29, 1.82) is 0 Å². The van der Waals surface area contributed by atoms with Crippen molar-refractivity contribution in [2.45, 2.75) is 19.5 Å². The second-order valence-corrected chi connectivity index (χ2v) is 6.25. The fourth-order valence-electron chi connectivity index (χ4n) is 2.73. The zero-order valence-electron chi connectivity index (χ0n) is 12.6. The third kappa shape index (κ3) is 2.39. The van der Waals surface area contributed by atoms with Gasteiger partial charge in [-0.2, -0.15) is 8.78 Å². The number of nitrogens with zero attached hydrogens (tertiary/aromatic N) is 4. The number of fused-ring (bicyclic) bond motifs is 2. The molecule has 5 nitrogen and oxygen atoms in total. The Bertz CT molecular complexity index is 1010. The van der Waals surface area contributed by atoms with Crippen molar-refractivity contribution in [2.24, 2.45) is 0 Å². The van der Waals surface area contributed by atoms with Crippen LogP contribution in [0, 0.1) is 0 Å². The number of imidazole rings is 1. The standard InChI is InChI=1S/C16H13F2N5S/c1-9(21-14-13-11(6-7-24-13)19-8-20-14)15-22-10-4-2-3-5-12(10)23(15)16(17)18/h2-9,16H,1H3,(H,19,20,21)/t9-/m0/s1. The van der Waals surface area contributed by atoms with E-state index in [1.54, 1.807) is 31.2 Å². The Balaban J connectivity index is 1.77. The van der Waals surface area contributed by atoms with Crippen LogP contribution in [-0.4, -0.2) is 19.5 Å². The number of halogens is 2. The first-order valence-electron chi connectivity index (χ1n) is 7.35. The molecule has 0 spiro atoms. The molecule has 0 amide bonds. The summed E-state index contributed by atoms with van der Waals surface area (Å²) >= 11 is 1.50. The molecule has 1 aromatic carbocycles. The molecule has 0 aliphatic heterocycles. The van der Waals surface area contributed by atoms with Crippen LogP contribution in [0.25, 0.3) is 21.3 Å². The van der Waals surface area contributed by atoms with Gasteiger partial charge in [0.25, 0.3) is 0 Å². The third-order valence-electron chi connectivity index (χ3n) is 3.80. The van der Waals surface area contributed by atoms with Crippen molar-refractivity contribution in [3.8, 4) is 0 Å². The molecule has 8 heteroatoms. The molecule has 122 valence electrons. The van der Waals surface area contributed by atoms with E-state index in [1.807, 2.05) is 11.4 Å². The van der Waals surface area contributed by atoms with Gasteiger partial charge in [-0.3, -0.25) is 4.57 Å². The number of anilines is 1. The number of benzene rings is 1. The molecule has 0 aliphatic rings. The quantitative estimate of drug-likeness (QED) is 0.587. The van der Waals surface area contributed by atoms with Crippen LogP contribution in [0.3, 0.4) is 0 Å². The summed E-state index contributed by atoms with van der Waals surface area (Å²) in [5.41, 5.74) is 1.79. The van der Waals surface area contributed by atoms with Gasteiger partial charge in [-0.15, -0.1) is 11.3 Å². The lowest BCUT2D eigenvalue weighted by atomic mass is 10.3. The minimum atomic E-state index is -2.66. The molecule has 1 N–H and O–H groups in total. The van der Waals surface area contributed by atoms with Crippen molar-refractivity contribution >= 4 is 38.4 Å². The average molecular weight is 345 g/mol. The Morgan fingerprint density at radius 1 is 1.12 bits per heavy atom. The van der Waals surface area contributed by atoms with Crippen molar-refractivity contribution < 1.29 is 8.78 Å². The van der Waals surface area contributed by atoms with E-state index < -0.39 is 12.6 Å². The lowest BCUT2D eigenvalue weighted by molar-refractivity contribution is 0.0708. The summed E-state index contributed by atoms with van der Waals surface area (Å²) in [7, 11) is 0. The van der Waals surface area contributed by atoms with Gasteiger partial charge in [0, 0.05) is 0 Å². The number of aromatic nitrogens is 4. The van der Waals surface area contributed by atoms with E-state index in [0.29, 0.717) is 16.9 Å². The van der Waals surface area contributed by atoms with Crippen LogP contribution in [0.1, 0.15) is 25.3 Å². The first-order valence-corrected chi connectivity index (χ1v) is 8.23. The maximum Gasteiger partial charge on any atom is 0.320 e. The van der Waals surface area contributed by atoms with Gasteiger partial charge in [0.2, 0.25) is 0 Å². The molecule has 0 aliphatic carbocycles. The molecule has 24 heavy (non-hydrogen) atoms. The normalized spacial score (nSPS) is 13.0. The minimum Gasteiger partial charge on any atom is -0.359 e. The number of hydrogen-bond donors (Lipinski definition) is 1. The number of alkyl halides is 2. The fraction of sp³-hybridized carbons (Fsp3) is 0.188. The van der Waals surface area contributed by atoms with Crippen molar-refractivity contribution in [3.63, 3.8) is 0 Å². The van der Waals surface area contributed by atoms with E-state index in [9.17, 15) is 8.78 Å². The molecular formula is C16H13F2N5S. The Hall–Kier alpha value is -2.61. The highest BCUT2D eigenvalue weighted by atomic mass is 32.1. The van der Waals surface area contributed by atoms with Gasteiger partial charge in [-0.05, 0) is 30.5 Å². The van der Waals surface area contributed by atoms with Crippen LogP contribution >= 0.6 is 11.3 Å². The van der Waals surface area contributed by atoms with Crippen LogP contribution in [0.2, 0.25) is 0 Å². The monoisotopic (exact) mass is 345 g/mol. The molecule has 1 atom stereocenters. The Morgan fingerprint density at radius 2 is 1.96 bits per heavy atom. The van der Waals surface area contributed by atoms with Gasteiger partial charge in [0.05, 0.1) is 27.3 Å². The van der Waals surface area contributed by atoms with Crippen molar-refractivity contribution in [2.75, 3.05) is 5.32 Å². The summed E-state index contributed by atoms with van der Waals surface area (Å²) < 4.78 is 29.0. The topological polar surface area (TPSA) is 55.6 Å². The molecule has 0 bridgehead atoms. The highest BCUT2D eigenvalue weighted by Gasteiger charge is 2.22. The minimum absolute atomic E-state index is 0.273. The van der Waals surface area contributed by atoms with E-state index in [4.69, 9.17) is 0 Å². The molecular weight excluding hydrogens is 332 g/mol. The lowest BCUT2D eigenvalue weighted by Gasteiger charge is -2.16. The van der Waals surface area contributed by atoms with Gasteiger partial charge < -0.3 is 5.32 Å². The predicted octanol–water partition coefficient (Wildman–Crippen LogP) is 4.61. The molecule has 0 fully saturated rings. The zero-order chi connectivity index (χ0) is 16.7. The Kier molecular flexibility index (Phi) is 3.61.